The third-order valence-electron chi connectivity index (χ3n) is 5.28. The second-order valence-corrected chi connectivity index (χ2v) is 7.04. The van der Waals surface area contributed by atoms with E-state index >= 15 is 0 Å². The summed E-state index contributed by atoms with van der Waals surface area (Å²) >= 11 is 0. The summed E-state index contributed by atoms with van der Waals surface area (Å²) in [6.45, 7) is 3.90. The Morgan fingerprint density at radius 3 is 2.19 bits per heavy atom. The van der Waals surface area contributed by atoms with Crippen LogP contribution in [0.4, 0.5) is 0 Å². The number of fused-ring (bicyclic) bond motifs is 2. The van der Waals surface area contributed by atoms with Crippen molar-refractivity contribution in [1.29, 1.82) is 0 Å². The zero-order valence-electron chi connectivity index (χ0n) is 13.4. The molecule has 2 aliphatic carbocycles. The number of hydrogen-bond donors (Lipinski definition) is 3. The Labute approximate surface area is 127 Å². The standard InChI is InChI=1S/C16H29N3O2/c1-9(2)14(16(21)18-3)19-15(20)12-7-10-5-4-6-11(8-12)13(10)17/h9-14H,4-8,17H2,1-3H3,(H,18,21)(H,19,20). The molecule has 0 saturated heterocycles. The van der Waals surface area contributed by atoms with Crippen molar-refractivity contribution in [3.05, 3.63) is 0 Å². The summed E-state index contributed by atoms with van der Waals surface area (Å²) in [6, 6.07) is -0.180. The first-order valence-electron chi connectivity index (χ1n) is 8.21. The lowest BCUT2D eigenvalue weighted by molar-refractivity contribution is -0.133. The van der Waals surface area contributed by atoms with Crippen LogP contribution in [0.3, 0.4) is 0 Å². The number of nitrogens with one attached hydrogen (secondary N) is 2. The molecule has 2 amide bonds. The molecule has 5 nitrogen and oxygen atoms in total. The van der Waals surface area contributed by atoms with Crippen LogP contribution in [-0.2, 0) is 9.59 Å². The van der Waals surface area contributed by atoms with Crippen LogP contribution in [0.2, 0.25) is 0 Å². The van der Waals surface area contributed by atoms with Gasteiger partial charge in [0.05, 0.1) is 0 Å². The Morgan fingerprint density at radius 2 is 1.71 bits per heavy atom. The molecule has 21 heavy (non-hydrogen) atoms. The summed E-state index contributed by atoms with van der Waals surface area (Å²) in [6.07, 6.45) is 5.28. The van der Waals surface area contributed by atoms with Crippen LogP contribution < -0.4 is 16.4 Å². The van der Waals surface area contributed by atoms with E-state index in [1.807, 2.05) is 13.8 Å². The maximum Gasteiger partial charge on any atom is 0.242 e. The van der Waals surface area contributed by atoms with Gasteiger partial charge in [-0.3, -0.25) is 9.59 Å². The third kappa shape index (κ3) is 3.57. The minimum absolute atomic E-state index is 0.0195. The summed E-state index contributed by atoms with van der Waals surface area (Å²) in [7, 11) is 1.61. The highest BCUT2D eigenvalue weighted by molar-refractivity contribution is 5.88. The Kier molecular flexibility index (Phi) is 5.25. The number of rotatable bonds is 4. The van der Waals surface area contributed by atoms with Crippen LogP contribution in [0, 0.1) is 23.7 Å². The number of amides is 2. The van der Waals surface area contributed by atoms with Gasteiger partial charge in [-0.2, -0.15) is 0 Å². The van der Waals surface area contributed by atoms with E-state index in [1.54, 1.807) is 7.05 Å². The second kappa shape index (κ2) is 6.77. The predicted octanol–water partition coefficient (Wildman–Crippen LogP) is 1.03. The van der Waals surface area contributed by atoms with E-state index < -0.39 is 6.04 Å². The van der Waals surface area contributed by atoms with Gasteiger partial charge in [0.2, 0.25) is 11.8 Å². The SMILES string of the molecule is CNC(=O)C(NC(=O)C1CC2CCCC(C1)C2N)C(C)C. The molecule has 3 unspecified atom stereocenters. The van der Waals surface area contributed by atoms with Gasteiger partial charge >= 0.3 is 0 Å². The molecule has 0 aromatic heterocycles. The molecule has 0 spiro atoms. The zero-order chi connectivity index (χ0) is 15.6. The fourth-order valence-corrected chi connectivity index (χ4v) is 3.96. The minimum Gasteiger partial charge on any atom is -0.357 e. The van der Waals surface area contributed by atoms with Crippen LogP contribution in [0.15, 0.2) is 0 Å². The van der Waals surface area contributed by atoms with Crippen LogP contribution >= 0.6 is 0 Å². The van der Waals surface area contributed by atoms with Gasteiger partial charge in [-0.25, -0.2) is 0 Å². The third-order valence-corrected chi connectivity index (χ3v) is 5.28. The monoisotopic (exact) mass is 295 g/mol. The average Bonchev–Trinajstić information content (AvgIpc) is 2.43. The maximum atomic E-state index is 12.5. The van der Waals surface area contributed by atoms with E-state index in [2.05, 4.69) is 10.6 Å². The Morgan fingerprint density at radius 1 is 1.14 bits per heavy atom. The van der Waals surface area contributed by atoms with Crippen molar-refractivity contribution in [2.24, 2.45) is 29.4 Å². The number of carbonyl (C=O) groups is 2. The lowest BCUT2D eigenvalue weighted by Gasteiger charge is -2.43. The van der Waals surface area contributed by atoms with Crippen molar-refractivity contribution in [2.75, 3.05) is 7.05 Å². The summed E-state index contributed by atoms with van der Waals surface area (Å²) in [5, 5.41) is 5.58. The molecule has 2 rings (SSSR count). The molecule has 0 heterocycles. The highest BCUT2D eigenvalue weighted by atomic mass is 16.2. The van der Waals surface area contributed by atoms with E-state index in [1.165, 1.54) is 6.42 Å². The van der Waals surface area contributed by atoms with E-state index in [4.69, 9.17) is 5.73 Å². The van der Waals surface area contributed by atoms with Gasteiger partial charge in [-0.15, -0.1) is 0 Å². The first kappa shape index (κ1) is 16.3. The van der Waals surface area contributed by atoms with Crippen LogP contribution in [0.25, 0.3) is 0 Å². The number of hydrogen-bond acceptors (Lipinski definition) is 3. The van der Waals surface area contributed by atoms with Crippen molar-refractivity contribution in [3.8, 4) is 0 Å². The molecule has 0 radical (unpaired) electrons. The first-order valence-corrected chi connectivity index (χ1v) is 8.21. The summed E-state index contributed by atoms with van der Waals surface area (Å²) in [5.74, 6) is 0.967. The molecule has 2 bridgehead atoms. The predicted molar refractivity (Wildman–Crippen MR) is 82.4 cm³/mol. The topological polar surface area (TPSA) is 84.2 Å². The number of nitrogens with two attached hydrogens (primary N) is 1. The molecule has 0 aromatic rings. The quantitative estimate of drug-likeness (QED) is 0.724. The van der Waals surface area contributed by atoms with Gasteiger partial charge in [0.15, 0.2) is 0 Å². The normalized spacial score (nSPS) is 33.4. The summed E-state index contributed by atoms with van der Waals surface area (Å²) in [5.41, 5.74) is 6.27. The van der Waals surface area contributed by atoms with Crippen LogP contribution in [0.1, 0.15) is 46.0 Å². The van der Waals surface area contributed by atoms with Crippen LogP contribution in [-0.4, -0.2) is 30.9 Å². The van der Waals surface area contributed by atoms with Gasteiger partial charge < -0.3 is 16.4 Å². The van der Waals surface area contributed by atoms with E-state index in [9.17, 15) is 9.59 Å². The summed E-state index contributed by atoms with van der Waals surface area (Å²) in [4.78, 5) is 24.4. The molecule has 3 atom stereocenters. The number of likely N-dealkylation sites (N-methyl/N-ethyl adjacent to an activating group) is 1. The Hall–Kier alpha value is -1.10. The van der Waals surface area contributed by atoms with Crippen LogP contribution in [0.5, 0.6) is 0 Å². The lowest BCUT2D eigenvalue weighted by Crippen LogP contribution is -2.53. The Balaban J connectivity index is 1.98. The molecule has 0 aromatic carbocycles. The molecular formula is C16H29N3O2. The lowest BCUT2D eigenvalue weighted by atomic mass is 9.65. The first-order chi connectivity index (χ1) is 9.93. The van der Waals surface area contributed by atoms with Crippen molar-refractivity contribution < 1.29 is 9.59 Å². The van der Waals surface area contributed by atoms with Gasteiger partial charge in [0, 0.05) is 19.0 Å². The molecule has 2 fully saturated rings. The van der Waals surface area contributed by atoms with Crippen molar-refractivity contribution in [2.45, 2.75) is 58.0 Å². The van der Waals surface area contributed by atoms with Gasteiger partial charge in [0.25, 0.3) is 0 Å². The highest BCUT2D eigenvalue weighted by Gasteiger charge is 2.41. The second-order valence-electron chi connectivity index (χ2n) is 7.04. The zero-order valence-corrected chi connectivity index (χ0v) is 13.4. The van der Waals surface area contributed by atoms with Crippen molar-refractivity contribution in [3.63, 3.8) is 0 Å². The van der Waals surface area contributed by atoms with Gasteiger partial charge in [0.1, 0.15) is 6.04 Å². The molecule has 5 heteroatoms. The van der Waals surface area contributed by atoms with E-state index in [0.29, 0.717) is 11.8 Å². The highest BCUT2D eigenvalue weighted by Crippen LogP contribution is 2.41. The Bertz CT molecular complexity index is 383. The molecule has 120 valence electrons. The molecule has 4 N–H and O–H groups in total. The molecule has 2 aliphatic rings. The molecule has 0 aliphatic heterocycles. The molecule has 2 saturated carbocycles. The smallest absolute Gasteiger partial charge is 0.242 e. The minimum atomic E-state index is -0.446. The van der Waals surface area contributed by atoms with E-state index in [0.717, 1.165) is 25.7 Å². The average molecular weight is 295 g/mol. The fourth-order valence-electron chi connectivity index (χ4n) is 3.96. The van der Waals surface area contributed by atoms with Gasteiger partial charge in [-0.05, 0) is 43.4 Å². The van der Waals surface area contributed by atoms with E-state index in [-0.39, 0.29) is 29.7 Å². The van der Waals surface area contributed by atoms with Gasteiger partial charge in [-0.1, -0.05) is 20.3 Å². The number of carbonyl (C=O) groups excluding carboxylic acids is 2. The summed E-state index contributed by atoms with van der Waals surface area (Å²) < 4.78 is 0. The molecular weight excluding hydrogens is 266 g/mol. The largest absolute Gasteiger partial charge is 0.357 e. The van der Waals surface area contributed by atoms with Crippen molar-refractivity contribution >= 4 is 11.8 Å². The van der Waals surface area contributed by atoms with Crippen molar-refractivity contribution in [1.82, 2.24) is 10.6 Å². The fraction of sp³-hybridized carbons (Fsp3) is 0.875. The maximum absolute atomic E-state index is 12.5.